The molecule has 1 aromatic carbocycles. The van der Waals surface area contributed by atoms with Crippen LogP contribution in [0, 0.1) is 13.8 Å². The fourth-order valence-corrected chi connectivity index (χ4v) is 6.99. The molecule has 0 bridgehead atoms. The van der Waals surface area contributed by atoms with Gasteiger partial charge in [-0.3, -0.25) is 4.79 Å². The lowest BCUT2D eigenvalue weighted by atomic mass is 9.98. The normalized spacial score (nSPS) is 15.9. The van der Waals surface area contributed by atoms with Gasteiger partial charge in [-0.15, -0.1) is 22.7 Å². The van der Waals surface area contributed by atoms with Crippen molar-refractivity contribution in [3.05, 3.63) is 51.5 Å². The van der Waals surface area contributed by atoms with Crippen molar-refractivity contribution < 1.29 is 4.79 Å². The summed E-state index contributed by atoms with van der Waals surface area (Å²) in [6, 6.07) is 6.16. The van der Waals surface area contributed by atoms with E-state index in [0.717, 1.165) is 36.0 Å². The highest BCUT2D eigenvalue weighted by atomic mass is 32.2. The molecule has 0 radical (unpaired) electrons. The third-order valence-electron chi connectivity index (χ3n) is 5.85. The number of rotatable bonds is 4. The molecule has 6 nitrogen and oxygen atoms in total. The molecule has 4 heterocycles. The van der Waals surface area contributed by atoms with Crippen molar-refractivity contribution in [2.24, 2.45) is 0 Å². The molecule has 4 aromatic rings. The van der Waals surface area contributed by atoms with Crippen molar-refractivity contribution in [3.63, 3.8) is 0 Å². The van der Waals surface area contributed by atoms with Gasteiger partial charge in [0.15, 0.2) is 0 Å². The smallest absolute Gasteiger partial charge is 0.237 e. The zero-order chi connectivity index (χ0) is 20.8. The fraction of sp³-hybridized carbons (Fsp3) is 0.318. The Morgan fingerprint density at radius 2 is 2.17 bits per heavy atom. The first-order valence-corrected chi connectivity index (χ1v) is 11.7. The molecule has 30 heavy (non-hydrogen) atoms. The summed E-state index contributed by atoms with van der Waals surface area (Å²) >= 11 is 3.63. The number of carbonyl (C=O) groups excluding carboxylic acids is 1. The number of amides is 1. The largest absolute Gasteiger partial charge is 0.383 e. The minimum Gasteiger partial charge on any atom is -0.383 e. The molecular formula is C22H23N5OS2. The average molecular weight is 438 g/mol. The number of piperazine rings is 1. The molecule has 1 fully saturated rings. The Hall–Kier alpha value is -2.55. The molecule has 1 saturated heterocycles. The number of aromatic nitrogens is 2. The van der Waals surface area contributed by atoms with Crippen LogP contribution in [0.3, 0.4) is 0 Å². The van der Waals surface area contributed by atoms with Gasteiger partial charge in [-0.2, -0.15) is 0 Å². The number of benzene rings is 1. The van der Waals surface area contributed by atoms with E-state index in [0.29, 0.717) is 12.4 Å². The minimum atomic E-state index is 0.0141. The molecule has 1 aliphatic rings. The second-order valence-corrected chi connectivity index (χ2v) is 9.96. The zero-order valence-electron chi connectivity index (χ0n) is 16.9. The van der Waals surface area contributed by atoms with Gasteiger partial charge in [0, 0.05) is 28.7 Å². The predicted octanol–water partition coefficient (Wildman–Crippen LogP) is 3.82. The summed E-state index contributed by atoms with van der Waals surface area (Å²) in [5.41, 5.74) is 10.6. The van der Waals surface area contributed by atoms with E-state index in [2.05, 4.69) is 46.6 Å². The summed E-state index contributed by atoms with van der Waals surface area (Å²) in [7, 11) is 0. The fourth-order valence-electron chi connectivity index (χ4n) is 4.33. The van der Waals surface area contributed by atoms with Crippen LogP contribution in [-0.2, 0) is 11.2 Å². The molecule has 3 aromatic heterocycles. The first-order valence-electron chi connectivity index (χ1n) is 9.99. The standard InChI is InChI=1S/C22H23N5OS2/c1-12-10-29-22-19(12)13(2)20(30-22)17(27-6-5-24-9-18(27)28)8-14-3-4-15-16(7-14)25-11-26-21(15)23/h3-4,7,10-11,17,24H,5-6,8-9H2,1-2H3,(H2,23,25,26). The van der Waals surface area contributed by atoms with Crippen molar-refractivity contribution >= 4 is 54.7 Å². The van der Waals surface area contributed by atoms with Gasteiger partial charge >= 0.3 is 0 Å². The summed E-state index contributed by atoms with van der Waals surface area (Å²) < 4.78 is 1.34. The monoisotopic (exact) mass is 437 g/mol. The van der Waals surface area contributed by atoms with Crippen LogP contribution in [0.5, 0.6) is 0 Å². The van der Waals surface area contributed by atoms with Gasteiger partial charge in [0.1, 0.15) is 12.1 Å². The van der Waals surface area contributed by atoms with E-state index in [9.17, 15) is 4.79 Å². The van der Waals surface area contributed by atoms with Crippen LogP contribution in [0.15, 0.2) is 29.9 Å². The number of thiophene rings is 2. The highest BCUT2D eigenvalue weighted by Gasteiger charge is 2.31. The van der Waals surface area contributed by atoms with E-state index in [-0.39, 0.29) is 11.9 Å². The maximum Gasteiger partial charge on any atom is 0.237 e. The molecule has 0 saturated carbocycles. The number of anilines is 1. The first kappa shape index (κ1) is 19.4. The molecule has 3 N–H and O–H groups in total. The lowest BCUT2D eigenvalue weighted by Gasteiger charge is -2.35. The Bertz CT molecular complexity index is 1260. The van der Waals surface area contributed by atoms with E-state index >= 15 is 0 Å². The van der Waals surface area contributed by atoms with Crippen LogP contribution in [0.25, 0.3) is 20.3 Å². The van der Waals surface area contributed by atoms with Gasteiger partial charge in [0.05, 0.1) is 22.1 Å². The number of fused-ring (bicyclic) bond motifs is 2. The number of hydrogen-bond donors (Lipinski definition) is 2. The van der Waals surface area contributed by atoms with E-state index < -0.39 is 0 Å². The Labute approximate surface area is 182 Å². The quantitative estimate of drug-likeness (QED) is 0.507. The highest BCUT2D eigenvalue weighted by Crippen LogP contribution is 2.43. The maximum absolute atomic E-state index is 12.8. The van der Waals surface area contributed by atoms with Gasteiger partial charge in [-0.05, 0) is 54.5 Å². The SMILES string of the molecule is Cc1csc2sc(C(Cc3ccc4c(N)ncnc4c3)N3CCNCC3=O)c(C)c12. The van der Waals surface area contributed by atoms with E-state index in [1.165, 1.54) is 31.7 Å². The number of hydrogen-bond acceptors (Lipinski definition) is 7. The lowest BCUT2D eigenvalue weighted by Crippen LogP contribution is -2.49. The molecule has 8 heteroatoms. The summed E-state index contributed by atoms with van der Waals surface area (Å²) in [6.07, 6.45) is 2.25. The predicted molar refractivity (Wildman–Crippen MR) is 124 cm³/mol. The van der Waals surface area contributed by atoms with Crippen molar-refractivity contribution in [1.29, 1.82) is 0 Å². The van der Waals surface area contributed by atoms with E-state index in [1.54, 1.807) is 11.3 Å². The second kappa shape index (κ2) is 7.61. The Morgan fingerprint density at radius 3 is 2.97 bits per heavy atom. The molecule has 0 spiro atoms. The molecular weight excluding hydrogens is 414 g/mol. The summed E-state index contributed by atoms with van der Waals surface area (Å²) in [5, 5.41) is 7.63. The Balaban J connectivity index is 1.59. The van der Waals surface area contributed by atoms with Gasteiger partial charge in [-0.1, -0.05) is 6.07 Å². The molecule has 154 valence electrons. The van der Waals surface area contributed by atoms with Crippen molar-refractivity contribution in [1.82, 2.24) is 20.2 Å². The highest BCUT2D eigenvalue weighted by molar-refractivity contribution is 7.37. The number of nitrogens with zero attached hydrogens (tertiary/aromatic N) is 3. The Morgan fingerprint density at radius 1 is 1.30 bits per heavy atom. The Kier molecular flexibility index (Phi) is 4.92. The van der Waals surface area contributed by atoms with Crippen LogP contribution in [-0.4, -0.2) is 40.4 Å². The molecule has 0 aliphatic carbocycles. The van der Waals surface area contributed by atoms with Crippen LogP contribution in [0.2, 0.25) is 0 Å². The van der Waals surface area contributed by atoms with Crippen LogP contribution >= 0.6 is 22.7 Å². The van der Waals surface area contributed by atoms with Gasteiger partial charge < -0.3 is 16.0 Å². The summed E-state index contributed by atoms with van der Waals surface area (Å²) in [4.78, 5) is 24.6. The van der Waals surface area contributed by atoms with Crippen LogP contribution in [0.1, 0.15) is 27.6 Å². The lowest BCUT2D eigenvalue weighted by molar-refractivity contribution is -0.134. The molecule has 1 unspecified atom stereocenters. The topological polar surface area (TPSA) is 84.1 Å². The first-order chi connectivity index (χ1) is 14.5. The number of nitrogens with one attached hydrogen (secondary N) is 1. The number of nitrogens with two attached hydrogens (primary N) is 1. The van der Waals surface area contributed by atoms with Gasteiger partial charge in [0.25, 0.3) is 0 Å². The third-order valence-corrected chi connectivity index (χ3v) is 8.47. The van der Waals surface area contributed by atoms with E-state index in [4.69, 9.17) is 5.73 Å². The molecule has 1 aliphatic heterocycles. The van der Waals surface area contributed by atoms with Gasteiger partial charge in [-0.25, -0.2) is 9.97 Å². The maximum atomic E-state index is 12.8. The minimum absolute atomic E-state index is 0.0141. The van der Waals surface area contributed by atoms with E-state index in [1.807, 2.05) is 22.3 Å². The average Bonchev–Trinajstić information content (AvgIpc) is 3.27. The second-order valence-electron chi connectivity index (χ2n) is 7.77. The van der Waals surface area contributed by atoms with Crippen molar-refractivity contribution in [2.45, 2.75) is 26.3 Å². The van der Waals surface area contributed by atoms with Crippen LogP contribution in [0.4, 0.5) is 5.82 Å². The van der Waals surface area contributed by atoms with Crippen LogP contribution < -0.4 is 11.1 Å². The summed E-state index contributed by atoms with van der Waals surface area (Å²) in [5.74, 6) is 0.650. The number of nitrogen functional groups attached to an aromatic ring is 1. The number of aryl methyl sites for hydroxylation is 2. The molecule has 1 atom stereocenters. The third kappa shape index (κ3) is 3.25. The number of carbonyl (C=O) groups is 1. The molecule has 5 rings (SSSR count). The zero-order valence-corrected chi connectivity index (χ0v) is 18.6. The van der Waals surface area contributed by atoms with Gasteiger partial charge in [0.2, 0.25) is 5.91 Å². The van der Waals surface area contributed by atoms with Crippen molar-refractivity contribution in [2.75, 3.05) is 25.4 Å². The molecule has 1 amide bonds. The van der Waals surface area contributed by atoms with Crippen molar-refractivity contribution in [3.8, 4) is 0 Å². The summed E-state index contributed by atoms with van der Waals surface area (Å²) in [6.45, 7) is 6.30.